The van der Waals surface area contributed by atoms with Crippen molar-refractivity contribution in [2.45, 2.75) is 26.3 Å². The van der Waals surface area contributed by atoms with E-state index in [0.29, 0.717) is 0 Å². The maximum absolute atomic E-state index is 10.4. The molecule has 0 heterocycles. The normalized spacial score (nSPS) is 11.2. The monoisotopic (exact) mass is 349 g/mol. The Kier molecular flexibility index (Phi) is 9.07. The van der Waals surface area contributed by atoms with Crippen LogP contribution in [-0.4, -0.2) is 25.5 Å². The molecule has 0 spiro atoms. The fraction of sp³-hybridized carbons (Fsp3) is 0.417. The minimum absolute atomic E-state index is 0.110. The predicted octanol–water partition coefficient (Wildman–Crippen LogP) is 3.00. The standard InChI is InChI=1S/C6H5Br.C6H11NO4S/c7-6-4-2-1-3-5-6;1-4(2)3-5(6(8)9)7-12(10)11/h1-5H;4-5H,3H2,1-2H3,(H,8,9). The summed E-state index contributed by atoms with van der Waals surface area (Å²) in [6.45, 7) is 3.61. The van der Waals surface area contributed by atoms with Crippen LogP contribution >= 0.6 is 15.9 Å². The molecule has 0 aromatic heterocycles. The van der Waals surface area contributed by atoms with Gasteiger partial charge in [-0.1, -0.05) is 48.0 Å². The fourth-order valence-electron chi connectivity index (χ4n) is 1.15. The van der Waals surface area contributed by atoms with Crippen molar-refractivity contribution in [1.82, 2.24) is 0 Å². The number of carboxylic acids is 1. The van der Waals surface area contributed by atoms with Crippen LogP contribution in [0.3, 0.4) is 0 Å². The van der Waals surface area contributed by atoms with E-state index in [2.05, 4.69) is 20.3 Å². The summed E-state index contributed by atoms with van der Waals surface area (Å²) in [5, 5.41) is 8.50. The lowest BCUT2D eigenvalue weighted by Gasteiger charge is -2.06. The largest absolute Gasteiger partial charge is 0.480 e. The van der Waals surface area contributed by atoms with Crippen molar-refractivity contribution in [3.8, 4) is 0 Å². The van der Waals surface area contributed by atoms with Crippen LogP contribution in [0.15, 0.2) is 39.2 Å². The first-order valence-corrected chi connectivity index (χ1v) is 7.39. The highest BCUT2D eigenvalue weighted by Crippen LogP contribution is 2.07. The molecule has 19 heavy (non-hydrogen) atoms. The molecule has 1 N–H and O–H groups in total. The second-order valence-electron chi connectivity index (χ2n) is 4.10. The number of hydrogen-bond donors (Lipinski definition) is 1. The molecule has 0 amide bonds. The maximum atomic E-state index is 10.4. The van der Waals surface area contributed by atoms with Crippen LogP contribution in [0.1, 0.15) is 20.3 Å². The Bertz CT molecular complexity index is 506. The van der Waals surface area contributed by atoms with Gasteiger partial charge in [0.15, 0.2) is 6.04 Å². The summed E-state index contributed by atoms with van der Waals surface area (Å²) in [6, 6.07) is 8.84. The Morgan fingerprint density at radius 1 is 1.32 bits per heavy atom. The number of benzene rings is 1. The summed E-state index contributed by atoms with van der Waals surface area (Å²) in [5.74, 6) is -1.09. The van der Waals surface area contributed by atoms with Gasteiger partial charge in [0, 0.05) is 4.47 Å². The van der Waals surface area contributed by atoms with Crippen molar-refractivity contribution in [2.24, 2.45) is 10.3 Å². The highest BCUT2D eigenvalue weighted by atomic mass is 79.9. The predicted molar refractivity (Wildman–Crippen MR) is 76.4 cm³/mol. The number of carboxylic acid groups (broad SMARTS) is 1. The van der Waals surface area contributed by atoms with E-state index in [1.165, 1.54) is 0 Å². The van der Waals surface area contributed by atoms with Crippen molar-refractivity contribution in [3.05, 3.63) is 34.8 Å². The summed E-state index contributed by atoms with van der Waals surface area (Å²) >= 11 is 3.31. The second kappa shape index (κ2) is 9.69. The molecule has 7 heteroatoms. The Balaban J connectivity index is 0.000000388. The van der Waals surface area contributed by atoms with Crippen LogP contribution in [0.25, 0.3) is 0 Å². The number of rotatable bonds is 4. The molecule has 106 valence electrons. The smallest absolute Gasteiger partial charge is 0.329 e. The Hall–Kier alpha value is -1.21. The molecule has 1 aromatic rings. The second-order valence-corrected chi connectivity index (χ2v) is 5.66. The first-order valence-electron chi connectivity index (χ1n) is 5.56. The van der Waals surface area contributed by atoms with E-state index in [9.17, 15) is 13.2 Å². The molecule has 0 saturated heterocycles. The van der Waals surface area contributed by atoms with E-state index < -0.39 is 22.5 Å². The van der Waals surface area contributed by atoms with Gasteiger partial charge in [0.2, 0.25) is 0 Å². The molecule has 0 aliphatic carbocycles. The number of nitrogens with zero attached hydrogens (tertiary/aromatic N) is 1. The molecule has 1 unspecified atom stereocenters. The summed E-state index contributed by atoms with van der Waals surface area (Å²) in [7, 11) is -2.64. The minimum Gasteiger partial charge on any atom is -0.480 e. The SMILES string of the molecule is Brc1ccccc1.CC(C)CC(N=S(=O)=O)C(=O)O. The summed E-state index contributed by atoms with van der Waals surface area (Å²) in [5.41, 5.74) is 0. The van der Waals surface area contributed by atoms with Crippen LogP contribution in [-0.2, 0) is 15.3 Å². The highest BCUT2D eigenvalue weighted by molar-refractivity contribution is 9.10. The van der Waals surface area contributed by atoms with Gasteiger partial charge < -0.3 is 5.11 Å². The third kappa shape index (κ3) is 10.4. The van der Waals surface area contributed by atoms with Gasteiger partial charge in [0.25, 0.3) is 0 Å². The van der Waals surface area contributed by atoms with E-state index >= 15 is 0 Å². The van der Waals surface area contributed by atoms with Gasteiger partial charge in [-0.3, -0.25) is 0 Å². The summed E-state index contributed by atoms with van der Waals surface area (Å²) in [6.07, 6.45) is 0.239. The molecule has 1 aromatic carbocycles. The third-order valence-corrected chi connectivity index (χ3v) is 2.88. The molecule has 0 radical (unpaired) electrons. The first-order chi connectivity index (χ1) is 8.82. The van der Waals surface area contributed by atoms with Gasteiger partial charge in [-0.2, -0.15) is 12.8 Å². The third-order valence-electron chi connectivity index (χ3n) is 1.93. The van der Waals surface area contributed by atoms with Gasteiger partial charge in [-0.15, -0.1) is 0 Å². The molecule has 0 bridgehead atoms. The van der Waals surface area contributed by atoms with Gasteiger partial charge in [-0.25, -0.2) is 4.79 Å². The number of aliphatic carboxylic acids is 1. The molecule has 0 aliphatic heterocycles. The lowest BCUT2D eigenvalue weighted by atomic mass is 10.1. The Morgan fingerprint density at radius 3 is 2.11 bits per heavy atom. The molecular formula is C12H16BrNO4S. The Labute approximate surface area is 122 Å². The summed E-state index contributed by atoms with van der Waals surface area (Å²) < 4.78 is 24.3. The number of hydrogen-bond acceptors (Lipinski definition) is 4. The van der Waals surface area contributed by atoms with Gasteiger partial charge >= 0.3 is 16.5 Å². The van der Waals surface area contributed by atoms with Crippen molar-refractivity contribution < 1.29 is 18.3 Å². The molecule has 5 nitrogen and oxygen atoms in total. The van der Waals surface area contributed by atoms with E-state index in [4.69, 9.17) is 5.11 Å². The number of halogens is 1. The van der Waals surface area contributed by atoms with Gasteiger partial charge in [0.05, 0.1) is 0 Å². The van der Waals surface area contributed by atoms with Gasteiger partial charge in [-0.05, 0) is 24.5 Å². The Morgan fingerprint density at radius 2 is 1.84 bits per heavy atom. The fourth-order valence-corrected chi connectivity index (χ4v) is 1.84. The van der Waals surface area contributed by atoms with Crippen LogP contribution in [0, 0.1) is 5.92 Å². The van der Waals surface area contributed by atoms with E-state index in [1.807, 2.05) is 30.3 Å². The average Bonchev–Trinajstić information content (AvgIpc) is 2.28. The van der Waals surface area contributed by atoms with E-state index in [0.717, 1.165) is 4.47 Å². The number of carbonyl (C=O) groups is 1. The average molecular weight is 350 g/mol. The van der Waals surface area contributed by atoms with Crippen LogP contribution in [0.4, 0.5) is 0 Å². The topological polar surface area (TPSA) is 83.8 Å². The molecule has 0 aliphatic rings. The van der Waals surface area contributed by atoms with Gasteiger partial charge in [0.1, 0.15) is 0 Å². The molecule has 0 saturated carbocycles. The maximum Gasteiger partial charge on any atom is 0.329 e. The molecule has 1 rings (SSSR count). The van der Waals surface area contributed by atoms with Crippen molar-refractivity contribution >= 4 is 32.4 Å². The lowest BCUT2D eigenvalue weighted by molar-refractivity contribution is -0.138. The first kappa shape index (κ1) is 17.8. The molecule has 1 atom stereocenters. The van der Waals surface area contributed by atoms with Crippen molar-refractivity contribution in [1.29, 1.82) is 0 Å². The van der Waals surface area contributed by atoms with E-state index in [1.54, 1.807) is 13.8 Å². The van der Waals surface area contributed by atoms with Crippen molar-refractivity contribution in [3.63, 3.8) is 0 Å². The summed E-state index contributed by atoms with van der Waals surface area (Å²) in [4.78, 5) is 10.4. The zero-order chi connectivity index (χ0) is 14.8. The van der Waals surface area contributed by atoms with Crippen LogP contribution in [0.5, 0.6) is 0 Å². The highest BCUT2D eigenvalue weighted by Gasteiger charge is 2.17. The molecule has 0 fully saturated rings. The van der Waals surface area contributed by atoms with Crippen molar-refractivity contribution in [2.75, 3.05) is 0 Å². The zero-order valence-electron chi connectivity index (χ0n) is 10.7. The van der Waals surface area contributed by atoms with Crippen LogP contribution in [0.2, 0.25) is 0 Å². The molecular weight excluding hydrogens is 334 g/mol. The van der Waals surface area contributed by atoms with E-state index in [-0.39, 0.29) is 12.3 Å². The minimum atomic E-state index is -2.64. The lowest BCUT2D eigenvalue weighted by Crippen LogP contribution is -2.19. The zero-order valence-corrected chi connectivity index (χ0v) is 13.1. The van der Waals surface area contributed by atoms with Crippen LogP contribution < -0.4 is 0 Å². The quantitative estimate of drug-likeness (QED) is 0.905.